The van der Waals surface area contributed by atoms with Gasteiger partial charge in [-0.3, -0.25) is 9.59 Å². The van der Waals surface area contributed by atoms with E-state index in [1.807, 2.05) is 31.1 Å². The molecule has 0 radical (unpaired) electrons. The number of hydrogen-bond acceptors (Lipinski definition) is 6. The molecule has 1 heterocycles. The lowest BCUT2D eigenvalue weighted by Gasteiger charge is -2.14. The van der Waals surface area contributed by atoms with Crippen molar-refractivity contribution in [1.82, 2.24) is 15.2 Å². The molecule has 1 aromatic heterocycles. The average Bonchev–Trinajstić information content (AvgIpc) is 2.98. The molecular weight excluding hydrogens is 374 g/mol. The van der Waals surface area contributed by atoms with Gasteiger partial charge < -0.3 is 14.6 Å². The first-order chi connectivity index (χ1) is 11.5. The van der Waals surface area contributed by atoms with Crippen molar-refractivity contribution in [3.8, 4) is 11.5 Å². The minimum absolute atomic E-state index is 0.00363. The van der Waals surface area contributed by atoms with E-state index < -0.39 is 0 Å². The number of oxazole rings is 1. The van der Waals surface area contributed by atoms with E-state index in [0.717, 1.165) is 11.0 Å². The first kappa shape index (κ1) is 16.6. The number of likely N-dealkylation sites (N-methyl/N-ethyl adjacent to an activating group) is 1. The maximum atomic E-state index is 12.5. The molecule has 6 nitrogen and oxygen atoms in total. The predicted octanol–water partition coefficient (Wildman–Crippen LogP) is 2.52. The maximum Gasteiger partial charge on any atom is 0.231 e. The third-order valence-corrected chi connectivity index (χ3v) is 4.08. The van der Waals surface area contributed by atoms with E-state index in [2.05, 4.69) is 26.2 Å². The Balaban J connectivity index is 1.85. The van der Waals surface area contributed by atoms with Gasteiger partial charge in [0.05, 0.1) is 5.70 Å². The Morgan fingerprint density at radius 3 is 2.58 bits per heavy atom. The zero-order valence-electron chi connectivity index (χ0n) is 13.3. The smallest absolute Gasteiger partial charge is 0.231 e. The highest BCUT2D eigenvalue weighted by Crippen LogP contribution is 2.27. The van der Waals surface area contributed by atoms with Gasteiger partial charge in [0.25, 0.3) is 0 Å². The topological polar surface area (TPSA) is 75.4 Å². The highest BCUT2D eigenvalue weighted by Gasteiger charge is 2.32. The highest BCUT2D eigenvalue weighted by molar-refractivity contribution is 9.10. The normalized spacial score (nSPS) is 13.9. The van der Waals surface area contributed by atoms with Gasteiger partial charge in [-0.1, -0.05) is 15.9 Å². The fourth-order valence-corrected chi connectivity index (χ4v) is 2.56. The Hall–Kier alpha value is -2.25. The Kier molecular flexibility index (Phi) is 4.64. The van der Waals surface area contributed by atoms with E-state index in [1.165, 1.54) is 6.08 Å². The maximum absolute atomic E-state index is 12.5. The van der Waals surface area contributed by atoms with Gasteiger partial charge in [-0.25, -0.2) is 4.98 Å². The number of carbonyl (C=O) groups excluding carboxylic acids is 2. The molecule has 0 saturated heterocycles. The summed E-state index contributed by atoms with van der Waals surface area (Å²) in [7, 11) is 3.87. The van der Waals surface area contributed by atoms with Crippen molar-refractivity contribution in [2.45, 2.75) is 0 Å². The third-order valence-electron chi connectivity index (χ3n) is 3.55. The molecule has 1 aliphatic carbocycles. The van der Waals surface area contributed by atoms with E-state index >= 15 is 0 Å². The SMILES string of the molecule is CN(C)CCNC1=CC(=O)c2oc(-c3ccc(Br)cc3)nc2C1=O. The fraction of sp³-hybridized carbons (Fsp3) is 0.235. The van der Waals surface area contributed by atoms with Crippen LogP contribution in [-0.2, 0) is 0 Å². The highest BCUT2D eigenvalue weighted by atomic mass is 79.9. The summed E-state index contributed by atoms with van der Waals surface area (Å²) in [6.45, 7) is 1.30. The predicted molar refractivity (Wildman–Crippen MR) is 92.9 cm³/mol. The number of aromatic nitrogens is 1. The van der Waals surface area contributed by atoms with Crippen LogP contribution < -0.4 is 5.32 Å². The van der Waals surface area contributed by atoms with Crippen LogP contribution in [0.4, 0.5) is 0 Å². The zero-order valence-corrected chi connectivity index (χ0v) is 14.9. The number of allylic oxidation sites excluding steroid dienone is 2. The summed E-state index contributed by atoms with van der Waals surface area (Å²) < 4.78 is 6.45. The molecule has 0 saturated carbocycles. The minimum atomic E-state index is -0.354. The number of carbonyl (C=O) groups is 2. The van der Waals surface area contributed by atoms with Crippen molar-refractivity contribution in [3.63, 3.8) is 0 Å². The molecule has 0 spiro atoms. The summed E-state index contributed by atoms with van der Waals surface area (Å²) in [6, 6.07) is 7.29. The van der Waals surface area contributed by atoms with Crippen LogP contribution in [0.1, 0.15) is 21.0 Å². The molecule has 1 aliphatic rings. The molecule has 3 rings (SSSR count). The number of ketones is 2. The molecule has 7 heteroatoms. The molecule has 0 aliphatic heterocycles. The Morgan fingerprint density at radius 2 is 1.92 bits per heavy atom. The summed E-state index contributed by atoms with van der Waals surface area (Å²) in [5, 5.41) is 2.99. The lowest BCUT2D eigenvalue weighted by Crippen LogP contribution is -2.31. The Morgan fingerprint density at radius 1 is 1.21 bits per heavy atom. The van der Waals surface area contributed by atoms with Crippen molar-refractivity contribution in [3.05, 3.63) is 52.0 Å². The third kappa shape index (κ3) is 3.32. The second-order valence-electron chi connectivity index (χ2n) is 5.69. The second kappa shape index (κ2) is 6.70. The largest absolute Gasteiger partial charge is 0.432 e. The van der Waals surface area contributed by atoms with Crippen molar-refractivity contribution in [2.75, 3.05) is 27.2 Å². The van der Waals surface area contributed by atoms with E-state index in [-0.39, 0.29) is 34.6 Å². The van der Waals surface area contributed by atoms with Crippen LogP contribution in [0, 0.1) is 0 Å². The molecule has 1 aromatic carbocycles. The lowest BCUT2D eigenvalue weighted by atomic mass is 10.0. The molecule has 2 aromatic rings. The molecule has 0 amide bonds. The number of halogens is 1. The van der Waals surface area contributed by atoms with Crippen LogP contribution in [0.5, 0.6) is 0 Å². The number of hydrogen-bond donors (Lipinski definition) is 1. The van der Waals surface area contributed by atoms with Crippen LogP contribution in [0.3, 0.4) is 0 Å². The summed E-state index contributed by atoms with van der Waals surface area (Å²) in [6.07, 6.45) is 1.27. The van der Waals surface area contributed by atoms with Gasteiger partial charge in [0.15, 0.2) is 5.69 Å². The number of Topliss-reactive ketones (excluding diaryl/α,β-unsaturated/α-hetero) is 1. The molecule has 0 fully saturated rings. The zero-order chi connectivity index (χ0) is 17.3. The standard InChI is InChI=1S/C17H16BrN3O3/c1-21(2)8-7-19-12-9-13(22)16-14(15(12)23)20-17(24-16)10-3-5-11(18)6-4-10/h3-6,9,19H,7-8H2,1-2H3. The molecule has 0 unspecified atom stereocenters. The van der Waals surface area contributed by atoms with Gasteiger partial charge in [0, 0.05) is 29.2 Å². The van der Waals surface area contributed by atoms with Crippen LogP contribution >= 0.6 is 15.9 Å². The number of nitrogens with zero attached hydrogens (tertiary/aromatic N) is 2. The number of rotatable bonds is 5. The minimum Gasteiger partial charge on any atom is -0.432 e. The van der Waals surface area contributed by atoms with Crippen LogP contribution in [0.2, 0.25) is 0 Å². The van der Waals surface area contributed by atoms with Gasteiger partial charge in [-0.15, -0.1) is 0 Å². The summed E-state index contributed by atoms with van der Waals surface area (Å²) in [5.41, 5.74) is 1.02. The van der Waals surface area contributed by atoms with Gasteiger partial charge in [-0.2, -0.15) is 0 Å². The van der Waals surface area contributed by atoms with E-state index in [9.17, 15) is 9.59 Å². The van der Waals surface area contributed by atoms with E-state index in [1.54, 1.807) is 12.1 Å². The molecule has 0 bridgehead atoms. The van der Waals surface area contributed by atoms with Crippen molar-refractivity contribution in [1.29, 1.82) is 0 Å². The molecule has 1 N–H and O–H groups in total. The molecular formula is C17H16BrN3O3. The van der Waals surface area contributed by atoms with E-state index in [4.69, 9.17) is 4.42 Å². The quantitative estimate of drug-likeness (QED) is 0.846. The first-order valence-electron chi connectivity index (χ1n) is 7.42. The van der Waals surface area contributed by atoms with Crippen molar-refractivity contribution >= 4 is 27.5 Å². The summed E-state index contributed by atoms with van der Waals surface area (Å²) in [5.74, 6) is -0.420. The summed E-state index contributed by atoms with van der Waals surface area (Å²) in [4.78, 5) is 30.9. The van der Waals surface area contributed by atoms with Gasteiger partial charge >= 0.3 is 0 Å². The Bertz CT molecular complexity index is 822. The second-order valence-corrected chi connectivity index (χ2v) is 6.60. The van der Waals surface area contributed by atoms with Crippen LogP contribution in [-0.4, -0.2) is 48.6 Å². The van der Waals surface area contributed by atoms with Gasteiger partial charge in [0.2, 0.25) is 23.2 Å². The fourth-order valence-electron chi connectivity index (χ4n) is 2.29. The number of fused-ring (bicyclic) bond motifs is 1. The first-order valence-corrected chi connectivity index (χ1v) is 8.21. The number of nitrogens with one attached hydrogen (secondary N) is 1. The van der Waals surface area contributed by atoms with Crippen LogP contribution in [0.15, 0.2) is 44.9 Å². The van der Waals surface area contributed by atoms with Crippen molar-refractivity contribution in [2.24, 2.45) is 0 Å². The van der Waals surface area contributed by atoms with Crippen LogP contribution in [0.25, 0.3) is 11.5 Å². The Labute approximate surface area is 147 Å². The number of benzene rings is 1. The van der Waals surface area contributed by atoms with Gasteiger partial charge in [0.1, 0.15) is 0 Å². The molecule has 124 valence electrons. The average molecular weight is 390 g/mol. The molecule has 0 atom stereocenters. The molecule has 24 heavy (non-hydrogen) atoms. The lowest BCUT2D eigenvalue weighted by molar-refractivity contribution is 0.0960. The van der Waals surface area contributed by atoms with Crippen molar-refractivity contribution < 1.29 is 14.0 Å². The monoisotopic (exact) mass is 389 g/mol. The van der Waals surface area contributed by atoms with Gasteiger partial charge in [-0.05, 0) is 38.4 Å². The van der Waals surface area contributed by atoms with E-state index in [0.29, 0.717) is 12.1 Å². The summed E-state index contributed by atoms with van der Waals surface area (Å²) >= 11 is 3.36.